The molecule has 2 aromatic heterocycles. The first-order chi connectivity index (χ1) is 23.2. The lowest BCUT2D eigenvalue weighted by molar-refractivity contribution is 0.0608. The first kappa shape index (κ1) is 32.5. The molecule has 5 heterocycles. The summed E-state index contributed by atoms with van der Waals surface area (Å²) in [5.74, 6) is 4.02. The number of pyridine rings is 1. The Morgan fingerprint density at radius 3 is 2.69 bits per heavy atom. The van der Waals surface area contributed by atoms with E-state index in [1.165, 1.54) is 30.7 Å². The average Bonchev–Trinajstić information content (AvgIpc) is 3.51. The van der Waals surface area contributed by atoms with Crippen LogP contribution in [0.5, 0.6) is 6.01 Å². The molecular weight excluding hydrogens is 620 g/mol. The van der Waals surface area contributed by atoms with E-state index >= 15 is 0 Å². The normalized spacial score (nSPS) is 24.4. The predicted octanol–water partition coefficient (Wildman–Crippen LogP) is 7.04. The minimum absolute atomic E-state index is 0.178. The van der Waals surface area contributed by atoms with Gasteiger partial charge in [-0.15, -0.1) is 15.7 Å². The van der Waals surface area contributed by atoms with Gasteiger partial charge in [0, 0.05) is 48.1 Å². The summed E-state index contributed by atoms with van der Waals surface area (Å²) in [6.45, 7) is 16.3. The van der Waals surface area contributed by atoms with Crippen LogP contribution in [0.1, 0.15) is 51.5 Å². The molecule has 48 heavy (non-hydrogen) atoms. The van der Waals surface area contributed by atoms with E-state index in [2.05, 4.69) is 52.0 Å². The first-order valence-corrected chi connectivity index (χ1v) is 17.5. The molecular formula is C39H43FN5O2P. The number of hydrogen-bond donors (Lipinski definition) is 0. The molecule has 7 rings (SSSR count). The molecule has 5 atom stereocenters. The number of aromatic nitrogens is 3. The fourth-order valence-corrected chi connectivity index (χ4v) is 8.61. The van der Waals surface area contributed by atoms with Crippen molar-refractivity contribution in [3.05, 3.63) is 72.9 Å². The molecule has 0 spiro atoms. The molecule has 4 aromatic rings. The van der Waals surface area contributed by atoms with Gasteiger partial charge in [0.25, 0.3) is 0 Å². The molecule has 0 aliphatic carbocycles. The van der Waals surface area contributed by atoms with Crippen LogP contribution in [0.2, 0.25) is 0 Å². The van der Waals surface area contributed by atoms with Gasteiger partial charge >= 0.3 is 6.01 Å². The molecule has 9 heteroatoms. The van der Waals surface area contributed by atoms with Crippen molar-refractivity contribution in [1.82, 2.24) is 19.9 Å². The second kappa shape index (κ2) is 13.1. The minimum atomic E-state index is -0.429. The second-order valence-corrected chi connectivity index (χ2v) is 14.6. The monoisotopic (exact) mass is 663 g/mol. The highest BCUT2D eigenvalue weighted by molar-refractivity contribution is 7.28. The second-order valence-electron chi connectivity index (χ2n) is 14.0. The number of benzene rings is 2. The molecule has 7 nitrogen and oxygen atoms in total. The lowest BCUT2D eigenvalue weighted by atomic mass is 9.94. The van der Waals surface area contributed by atoms with Crippen molar-refractivity contribution in [3.8, 4) is 29.6 Å². The van der Waals surface area contributed by atoms with E-state index < -0.39 is 5.82 Å². The van der Waals surface area contributed by atoms with E-state index in [9.17, 15) is 4.39 Å². The van der Waals surface area contributed by atoms with E-state index in [1.807, 2.05) is 24.4 Å². The minimum Gasteiger partial charge on any atom is -0.500 e. The maximum absolute atomic E-state index is 15.0. The summed E-state index contributed by atoms with van der Waals surface area (Å²) in [6.07, 6.45) is 14.4. The summed E-state index contributed by atoms with van der Waals surface area (Å²) in [4.78, 5) is 20.0. The van der Waals surface area contributed by atoms with Gasteiger partial charge in [-0.2, -0.15) is 9.97 Å². The Hall–Kier alpha value is -4.05. The molecule has 0 amide bonds. The average molecular weight is 664 g/mol. The van der Waals surface area contributed by atoms with Crippen LogP contribution in [-0.2, 0) is 4.74 Å². The van der Waals surface area contributed by atoms with E-state index in [4.69, 9.17) is 30.8 Å². The van der Waals surface area contributed by atoms with Gasteiger partial charge in [0.2, 0.25) is 0 Å². The molecule has 2 aromatic carbocycles. The largest absolute Gasteiger partial charge is 0.500 e. The fourth-order valence-electron chi connectivity index (χ4n) is 8.16. The highest BCUT2D eigenvalue weighted by Crippen LogP contribution is 2.45. The number of terminal acetylenes is 1. The van der Waals surface area contributed by atoms with Gasteiger partial charge in [-0.1, -0.05) is 62.8 Å². The van der Waals surface area contributed by atoms with Gasteiger partial charge in [-0.3, -0.25) is 9.88 Å². The Labute approximate surface area is 284 Å². The molecule has 0 N–H and O–H groups in total. The van der Waals surface area contributed by atoms with Crippen molar-refractivity contribution in [2.75, 3.05) is 37.7 Å². The van der Waals surface area contributed by atoms with Crippen molar-refractivity contribution in [2.45, 2.75) is 57.5 Å². The van der Waals surface area contributed by atoms with Crippen LogP contribution in [0, 0.1) is 30.0 Å². The van der Waals surface area contributed by atoms with Crippen LogP contribution in [0.15, 0.2) is 61.5 Å². The third kappa shape index (κ3) is 5.82. The summed E-state index contributed by atoms with van der Waals surface area (Å²) in [5, 5.41) is 3.16. The zero-order valence-electron chi connectivity index (χ0n) is 27.8. The van der Waals surface area contributed by atoms with Crippen molar-refractivity contribution < 1.29 is 13.9 Å². The van der Waals surface area contributed by atoms with Crippen LogP contribution < -0.4 is 14.9 Å². The smallest absolute Gasteiger partial charge is 0.319 e. The van der Waals surface area contributed by atoms with E-state index in [-0.39, 0.29) is 17.1 Å². The van der Waals surface area contributed by atoms with Gasteiger partial charge in [0.15, 0.2) is 0 Å². The van der Waals surface area contributed by atoms with Crippen molar-refractivity contribution in [3.63, 3.8) is 0 Å². The Balaban J connectivity index is 1.34. The van der Waals surface area contributed by atoms with Gasteiger partial charge in [0.05, 0.1) is 34.0 Å². The topological polar surface area (TPSA) is 63.6 Å². The number of hydrogen-bond acceptors (Lipinski definition) is 7. The first-order valence-electron chi connectivity index (χ1n) is 16.9. The molecule has 248 valence electrons. The maximum Gasteiger partial charge on any atom is 0.319 e. The van der Waals surface area contributed by atoms with Gasteiger partial charge in [-0.05, 0) is 55.4 Å². The molecule has 3 saturated heterocycles. The molecule has 3 aliphatic rings. The van der Waals surface area contributed by atoms with E-state index in [0.29, 0.717) is 42.1 Å². The quantitative estimate of drug-likeness (QED) is 0.0868. The molecule has 0 bridgehead atoms. The maximum atomic E-state index is 15.0. The molecule has 0 saturated carbocycles. The molecule has 3 unspecified atom stereocenters. The Bertz CT molecular complexity index is 1950. The summed E-state index contributed by atoms with van der Waals surface area (Å²) in [7, 11) is 2.85. The van der Waals surface area contributed by atoms with Gasteiger partial charge < -0.3 is 14.4 Å². The zero-order chi connectivity index (χ0) is 33.6. The number of fused-ring (bicyclic) bond motifs is 3. The highest BCUT2D eigenvalue weighted by Gasteiger charge is 2.51. The highest BCUT2D eigenvalue weighted by atomic mass is 31.0. The van der Waals surface area contributed by atoms with E-state index in [0.717, 1.165) is 71.9 Å². The Morgan fingerprint density at radius 2 is 1.94 bits per heavy atom. The third-order valence-corrected chi connectivity index (χ3v) is 11.0. The molecule has 3 aliphatic heterocycles. The van der Waals surface area contributed by atoms with Crippen LogP contribution in [-0.4, -0.2) is 64.3 Å². The number of nitrogens with zero attached hydrogens (tertiary/aromatic N) is 5. The lowest BCUT2D eigenvalue weighted by Gasteiger charge is -2.34. The summed E-state index contributed by atoms with van der Waals surface area (Å²) < 4.78 is 27.2. The zero-order valence-corrected chi connectivity index (χ0v) is 29.0. The van der Waals surface area contributed by atoms with Crippen LogP contribution in [0.25, 0.3) is 32.9 Å². The number of rotatable bonds is 8. The van der Waals surface area contributed by atoms with Crippen LogP contribution >= 0.6 is 9.24 Å². The summed E-state index contributed by atoms with van der Waals surface area (Å²) in [5.41, 5.74) is 3.41. The summed E-state index contributed by atoms with van der Waals surface area (Å²) >= 11 is 0. The SMILES string of the molecule is C#Cc1c(F)ccc2cccc(-c3ncc4c(N5CC(C)CCC(C)C5)nc(OC[C@@]56CC[C@@H](COC=C)N5CC(=C)C6)nc4c3P)c12. The van der Waals surface area contributed by atoms with Crippen molar-refractivity contribution in [1.29, 1.82) is 0 Å². The number of anilines is 1. The molecule has 0 radical (unpaired) electrons. The lowest BCUT2D eigenvalue weighted by Crippen LogP contribution is -2.47. The van der Waals surface area contributed by atoms with E-state index in [1.54, 1.807) is 6.07 Å². The Morgan fingerprint density at radius 1 is 1.15 bits per heavy atom. The van der Waals surface area contributed by atoms with Crippen LogP contribution in [0.4, 0.5) is 10.2 Å². The Kier molecular flexibility index (Phi) is 8.87. The predicted molar refractivity (Wildman–Crippen MR) is 195 cm³/mol. The van der Waals surface area contributed by atoms with Crippen molar-refractivity contribution in [2.24, 2.45) is 11.8 Å². The van der Waals surface area contributed by atoms with Gasteiger partial charge in [0.1, 0.15) is 24.8 Å². The fraction of sp³-hybridized carbons (Fsp3) is 0.410. The third-order valence-electron chi connectivity index (χ3n) is 10.5. The van der Waals surface area contributed by atoms with Crippen LogP contribution in [0.3, 0.4) is 0 Å². The summed E-state index contributed by atoms with van der Waals surface area (Å²) in [6, 6.07) is 9.62. The standard InChI is InChI=1S/C39H43FN5O2P/c1-6-29-32(40)14-13-27-9-8-10-30(33(27)29)34-36(48)35-31(18-41-34)37(44-19-24(3)11-12-25(4)20-44)43-38(42-35)47-23-39-16-15-28(22-46-7-2)45(39)21-26(5)17-39/h1,7-10,13-14,18,24-25,28H,2,5,11-12,15-17,19-23,48H2,3-4H3/t24?,25?,28-,39-/m0/s1. The molecule has 3 fully saturated rings. The number of ether oxygens (including phenoxy) is 2. The van der Waals surface area contributed by atoms with Crippen molar-refractivity contribution >= 4 is 42.0 Å². The van der Waals surface area contributed by atoms with Gasteiger partial charge in [-0.25, -0.2) is 4.39 Å². The number of halogens is 1.